The molecule has 0 aromatic heterocycles. The second-order valence-electron chi connectivity index (χ2n) is 7.72. The number of hydrogen-bond donors (Lipinski definition) is 1. The van der Waals surface area contributed by atoms with Gasteiger partial charge in [0.05, 0.1) is 0 Å². The first kappa shape index (κ1) is 16.0. The normalized spacial score (nSPS) is 27.5. The molecule has 3 atom stereocenters. The maximum absolute atomic E-state index is 6.24. The van der Waals surface area contributed by atoms with Crippen LogP contribution in [0.4, 0.5) is 0 Å². The lowest BCUT2D eigenvalue weighted by atomic mass is 9.85. The summed E-state index contributed by atoms with van der Waals surface area (Å²) < 4.78 is 0. The SMILES string of the molecule is CC1CCCC(N(C)CCC(N)CC(C)(C)C)C1. The van der Waals surface area contributed by atoms with Crippen molar-refractivity contribution in [1.82, 2.24) is 4.90 Å². The van der Waals surface area contributed by atoms with Crippen LogP contribution in [0, 0.1) is 11.3 Å². The van der Waals surface area contributed by atoms with E-state index in [9.17, 15) is 0 Å². The molecule has 108 valence electrons. The minimum atomic E-state index is 0.355. The summed E-state index contributed by atoms with van der Waals surface area (Å²) in [5, 5.41) is 0. The van der Waals surface area contributed by atoms with Gasteiger partial charge in [0.2, 0.25) is 0 Å². The van der Waals surface area contributed by atoms with Gasteiger partial charge in [0.1, 0.15) is 0 Å². The summed E-state index contributed by atoms with van der Waals surface area (Å²) in [5.41, 5.74) is 6.60. The summed E-state index contributed by atoms with van der Waals surface area (Å²) in [6.07, 6.45) is 7.86. The van der Waals surface area contributed by atoms with Gasteiger partial charge in [-0.3, -0.25) is 0 Å². The summed E-state index contributed by atoms with van der Waals surface area (Å²) in [4.78, 5) is 2.55. The minimum absolute atomic E-state index is 0.355. The Hall–Kier alpha value is -0.0800. The van der Waals surface area contributed by atoms with Crippen molar-refractivity contribution in [3.05, 3.63) is 0 Å². The van der Waals surface area contributed by atoms with E-state index in [1.807, 2.05) is 0 Å². The van der Waals surface area contributed by atoms with Crippen molar-refractivity contribution < 1.29 is 0 Å². The van der Waals surface area contributed by atoms with Crippen LogP contribution in [0.5, 0.6) is 0 Å². The molecule has 0 bridgehead atoms. The van der Waals surface area contributed by atoms with E-state index in [1.54, 1.807) is 0 Å². The van der Waals surface area contributed by atoms with Crippen molar-refractivity contribution in [3.63, 3.8) is 0 Å². The molecular weight excluding hydrogens is 220 g/mol. The van der Waals surface area contributed by atoms with Crippen LogP contribution >= 0.6 is 0 Å². The first-order valence-corrected chi connectivity index (χ1v) is 7.74. The van der Waals surface area contributed by atoms with E-state index in [0.717, 1.165) is 31.3 Å². The molecule has 1 aliphatic carbocycles. The minimum Gasteiger partial charge on any atom is -0.328 e. The Morgan fingerprint density at radius 2 is 1.94 bits per heavy atom. The van der Waals surface area contributed by atoms with Crippen LogP contribution in [0.15, 0.2) is 0 Å². The van der Waals surface area contributed by atoms with Crippen molar-refractivity contribution in [2.24, 2.45) is 17.1 Å². The van der Waals surface area contributed by atoms with E-state index < -0.39 is 0 Å². The van der Waals surface area contributed by atoms with E-state index in [4.69, 9.17) is 5.73 Å². The van der Waals surface area contributed by atoms with E-state index in [0.29, 0.717) is 11.5 Å². The molecule has 0 aliphatic heterocycles. The average Bonchev–Trinajstić information content (AvgIpc) is 2.23. The number of rotatable bonds is 5. The molecule has 0 radical (unpaired) electrons. The number of nitrogens with zero attached hydrogens (tertiary/aromatic N) is 1. The fourth-order valence-corrected chi connectivity index (χ4v) is 3.24. The molecule has 2 heteroatoms. The lowest BCUT2D eigenvalue weighted by Crippen LogP contribution is -2.38. The molecular formula is C16H34N2. The molecule has 0 spiro atoms. The monoisotopic (exact) mass is 254 g/mol. The summed E-state index contributed by atoms with van der Waals surface area (Å²) in [6, 6.07) is 1.16. The first-order valence-electron chi connectivity index (χ1n) is 7.74. The van der Waals surface area contributed by atoms with Crippen LogP contribution in [0.1, 0.15) is 66.2 Å². The maximum Gasteiger partial charge on any atom is 0.00947 e. The average molecular weight is 254 g/mol. The third-order valence-corrected chi connectivity index (χ3v) is 4.26. The van der Waals surface area contributed by atoms with Crippen LogP contribution < -0.4 is 5.73 Å². The van der Waals surface area contributed by atoms with Gasteiger partial charge < -0.3 is 10.6 Å². The highest BCUT2D eigenvalue weighted by Gasteiger charge is 2.23. The van der Waals surface area contributed by atoms with E-state index in [2.05, 4.69) is 39.6 Å². The van der Waals surface area contributed by atoms with Gasteiger partial charge in [0.25, 0.3) is 0 Å². The van der Waals surface area contributed by atoms with Gasteiger partial charge in [-0.1, -0.05) is 40.5 Å². The summed E-state index contributed by atoms with van der Waals surface area (Å²) >= 11 is 0. The number of hydrogen-bond acceptors (Lipinski definition) is 2. The van der Waals surface area contributed by atoms with Gasteiger partial charge in [0.15, 0.2) is 0 Å². The van der Waals surface area contributed by atoms with Crippen molar-refractivity contribution >= 4 is 0 Å². The van der Waals surface area contributed by atoms with E-state index in [-0.39, 0.29) is 0 Å². The van der Waals surface area contributed by atoms with Gasteiger partial charge in [-0.25, -0.2) is 0 Å². The second kappa shape index (κ2) is 6.91. The molecule has 18 heavy (non-hydrogen) atoms. The molecule has 1 rings (SSSR count). The summed E-state index contributed by atoms with van der Waals surface area (Å²) in [7, 11) is 2.28. The molecule has 0 aromatic rings. The van der Waals surface area contributed by atoms with Gasteiger partial charge in [-0.05, 0) is 50.6 Å². The van der Waals surface area contributed by atoms with Crippen molar-refractivity contribution in [3.8, 4) is 0 Å². The number of nitrogens with two attached hydrogens (primary N) is 1. The Morgan fingerprint density at radius 3 is 2.50 bits per heavy atom. The van der Waals surface area contributed by atoms with Crippen LogP contribution in [-0.4, -0.2) is 30.6 Å². The Balaban J connectivity index is 2.25. The maximum atomic E-state index is 6.24. The quantitative estimate of drug-likeness (QED) is 0.811. The highest BCUT2D eigenvalue weighted by Crippen LogP contribution is 2.27. The van der Waals surface area contributed by atoms with Crippen LogP contribution in [0.2, 0.25) is 0 Å². The Morgan fingerprint density at radius 1 is 1.28 bits per heavy atom. The second-order valence-corrected chi connectivity index (χ2v) is 7.72. The molecule has 0 aromatic carbocycles. The van der Waals surface area contributed by atoms with Crippen molar-refractivity contribution in [2.45, 2.75) is 78.3 Å². The van der Waals surface area contributed by atoms with E-state index >= 15 is 0 Å². The molecule has 1 saturated carbocycles. The van der Waals surface area contributed by atoms with Crippen LogP contribution in [0.25, 0.3) is 0 Å². The van der Waals surface area contributed by atoms with E-state index in [1.165, 1.54) is 25.7 Å². The highest BCUT2D eigenvalue weighted by molar-refractivity contribution is 4.79. The molecule has 3 unspecified atom stereocenters. The molecule has 0 amide bonds. The summed E-state index contributed by atoms with van der Waals surface area (Å²) in [6.45, 7) is 10.4. The topological polar surface area (TPSA) is 29.3 Å². The summed E-state index contributed by atoms with van der Waals surface area (Å²) in [5.74, 6) is 0.912. The van der Waals surface area contributed by atoms with Crippen LogP contribution in [0.3, 0.4) is 0 Å². The highest BCUT2D eigenvalue weighted by atomic mass is 15.1. The Bertz CT molecular complexity index is 232. The van der Waals surface area contributed by atoms with Crippen molar-refractivity contribution in [2.75, 3.05) is 13.6 Å². The predicted molar refractivity (Wildman–Crippen MR) is 80.7 cm³/mol. The Labute approximate surface area is 114 Å². The zero-order valence-electron chi connectivity index (χ0n) is 13.2. The van der Waals surface area contributed by atoms with Crippen LogP contribution in [-0.2, 0) is 0 Å². The Kier molecular flexibility index (Phi) is 6.13. The van der Waals surface area contributed by atoms with Gasteiger partial charge >= 0.3 is 0 Å². The fraction of sp³-hybridized carbons (Fsp3) is 1.00. The van der Waals surface area contributed by atoms with Gasteiger partial charge in [-0.15, -0.1) is 0 Å². The molecule has 0 heterocycles. The largest absolute Gasteiger partial charge is 0.328 e. The van der Waals surface area contributed by atoms with Gasteiger partial charge in [-0.2, -0.15) is 0 Å². The molecule has 0 saturated heterocycles. The first-order chi connectivity index (χ1) is 8.28. The zero-order chi connectivity index (χ0) is 13.8. The fourth-order valence-electron chi connectivity index (χ4n) is 3.24. The standard InChI is InChI=1S/C16H34N2/c1-13-7-6-8-15(11-13)18(5)10-9-14(17)12-16(2,3)4/h13-15H,6-12,17H2,1-5H3. The smallest absolute Gasteiger partial charge is 0.00947 e. The third kappa shape index (κ3) is 6.19. The lowest BCUT2D eigenvalue weighted by molar-refractivity contribution is 0.157. The third-order valence-electron chi connectivity index (χ3n) is 4.26. The van der Waals surface area contributed by atoms with Gasteiger partial charge in [0, 0.05) is 12.1 Å². The predicted octanol–water partition coefficient (Wildman–Crippen LogP) is 3.65. The molecule has 1 fully saturated rings. The zero-order valence-corrected chi connectivity index (χ0v) is 13.2. The lowest BCUT2D eigenvalue weighted by Gasteiger charge is -2.35. The molecule has 1 aliphatic rings. The molecule has 2 N–H and O–H groups in total. The molecule has 2 nitrogen and oxygen atoms in total. The van der Waals surface area contributed by atoms with Crippen molar-refractivity contribution in [1.29, 1.82) is 0 Å².